The van der Waals surface area contributed by atoms with Crippen molar-refractivity contribution in [3.05, 3.63) is 417 Å². The molecule has 3 aliphatic heterocycles. The van der Waals surface area contributed by atoms with Gasteiger partial charge in [0.25, 0.3) is 0 Å². The predicted octanol–water partition coefficient (Wildman–Crippen LogP) is 17.9. The molecule has 16 rings (SSSR count). The van der Waals surface area contributed by atoms with Crippen LogP contribution in [-0.2, 0) is 116 Å². The zero-order chi connectivity index (χ0) is 93.2. The number of alkyl halides is 2. The van der Waals surface area contributed by atoms with Crippen LogP contribution in [0.2, 0.25) is 0 Å². The van der Waals surface area contributed by atoms with E-state index >= 15 is 0 Å². The lowest BCUT2D eigenvalue weighted by Gasteiger charge is -2.23. The molecular weight excluding hydrogens is 1780 g/mol. The summed E-state index contributed by atoms with van der Waals surface area (Å²) in [5.74, 6) is -1.76. The van der Waals surface area contributed by atoms with Gasteiger partial charge in [-0.15, -0.1) is 23.2 Å². The number of sulfone groups is 3. The quantitative estimate of drug-likeness (QED) is 0.0245. The number of esters is 3. The van der Waals surface area contributed by atoms with Gasteiger partial charge in [-0.05, 0) is 99.8 Å². The van der Waals surface area contributed by atoms with Crippen LogP contribution in [0.25, 0.3) is 38.3 Å². The second-order valence-electron chi connectivity index (χ2n) is 28.3. The number of nitrogens with one attached hydrogen (secondary N) is 1. The molecule has 3 atom stereocenters. The van der Waals surface area contributed by atoms with Crippen molar-refractivity contribution in [3.63, 3.8) is 0 Å². The lowest BCUT2D eigenvalue weighted by atomic mass is 9.96. The summed E-state index contributed by atoms with van der Waals surface area (Å²) in [6.45, 7) is 3.01. The van der Waals surface area contributed by atoms with Gasteiger partial charge in [0.15, 0.2) is 11.6 Å². The summed E-state index contributed by atoms with van der Waals surface area (Å²) in [7, 11) is -11.7. The molecule has 1 aromatic heterocycles. The number of hydrogen-bond donors (Lipinski definition) is 3. The van der Waals surface area contributed by atoms with Gasteiger partial charge in [0.2, 0.25) is 29.5 Å². The van der Waals surface area contributed by atoms with Crippen molar-refractivity contribution in [1.29, 1.82) is 0 Å². The number of halogens is 3. The molecule has 4 heterocycles. The first-order chi connectivity index (χ1) is 62.7. The van der Waals surface area contributed by atoms with E-state index in [0.717, 1.165) is 38.8 Å². The van der Waals surface area contributed by atoms with Crippen molar-refractivity contribution < 1.29 is 96.5 Å². The van der Waals surface area contributed by atoms with E-state index in [2.05, 4.69) is 16.6 Å². The highest BCUT2D eigenvalue weighted by atomic mass is 35.5. The van der Waals surface area contributed by atoms with Gasteiger partial charge in [0.1, 0.15) is 62.5 Å². The standard InChI is InChI=1S/C33H27NO7S.C17H11ClO5S.2C16H17NO2.C16H10O3S.CH2Cl2.CO2/c35-31-26-18-10-11-19-28(26)42(38,39)29(30(31)25-16-8-3-9-17-25)22-41-33(37)34-27(20-23-12-4-1-5-13-23)32(36)40-21-24-14-6-2-7-15-24;18-17(20)23-10-14-15(11-6-2-1-3-7-11)16(19)12-8-4-5-9-13(12)24(14,21)22;2*17-15(11-13-7-3-1-4-8-13)16(18)19-12-14-9-5-2-6-10-14;1-10-15-11-6-2-4-8-13(11)19-16(15)12-7-3-5-9-14(12)20(10,17)18;2*2-1-3/h1-19,27H,20-22H2,(H,34,37);1-9H,10H2;2*1-10,15H,11-12,17H2;2-9H,1H2;1H2;/t27-;;2*15-;;;/m0.00.../s1. The Morgan fingerprint density at radius 1 is 0.377 bits per heavy atom. The lowest BCUT2D eigenvalue weighted by Crippen LogP contribution is -2.44. The second-order valence-corrected chi connectivity index (χ2v) is 35.2. The van der Waals surface area contributed by atoms with Gasteiger partial charge >= 0.3 is 35.6 Å². The van der Waals surface area contributed by atoms with E-state index in [-0.39, 0.29) is 101 Å². The fraction of sp³-hybridized carbons (Fsp3) is 0.120. The normalized spacial score (nSPS) is 13.7. The molecule has 0 radical (unpaired) electrons. The largest absolute Gasteiger partial charge is 0.460 e. The Kier molecular flexibility index (Phi) is 36.4. The number of furan rings is 1. The zero-order valence-corrected chi connectivity index (χ0v) is 73.9. The van der Waals surface area contributed by atoms with Crippen molar-refractivity contribution in [1.82, 2.24) is 5.32 Å². The molecule has 1 amide bonds. The molecule has 0 bridgehead atoms. The summed E-state index contributed by atoms with van der Waals surface area (Å²) < 4.78 is 110. The van der Waals surface area contributed by atoms with Crippen LogP contribution in [0.5, 0.6) is 0 Å². The number of carbonyl (C=O) groups is 7. The third-order valence-corrected chi connectivity index (χ3v) is 25.3. The molecule has 0 spiro atoms. The fourth-order valence-electron chi connectivity index (χ4n) is 13.5. The van der Waals surface area contributed by atoms with Crippen LogP contribution < -0.4 is 16.8 Å². The number of Topliss-reactive ketones (excluding diaryl/α,β-unsaturated/α-hetero) is 2. The number of fused-ring (bicyclic) bond motifs is 7. The van der Waals surface area contributed by atoms with E-state index in [9.17, 15) is 58.8 Å². The van der Waals surface area contributed by atoms with Crippen LogP contribution in [-0.4, -0.2) is 109 Å². The summed E-state index contributed by atoms with van der Waals surface area (Å²) >= 11 is 14.7. The van der Waals surface area contributed by atoms with Crippen LogP contribution in [0.15, 0.2) is 375 Å². The number of alkyl carbamates (subject to hydrolysis) is 1. The zero-order valence-electron chi connectivity index (χ0n) is 69.2. The van der Waals surface area contributed by atoms with Crippen LogP contribution >= 0.6 is 34.8 Å². The van der Waals surface area contributed by atoms with Crippen molar-refractivity contribution in [2.75, 3.05) is 18.6 Å². The first-order valence-corrected chi connectivity index (χ1v) is 45.6. The van der Waals surface area contributed by atoms with Gasteiger partial charge in [-0.2, -0.15) is 9.59 Å². The van der Waals surface area contributed by atoms with Gasteiger partial charge in [-0.25, -0.2) is 39.6 Å². The van der Waals surface area contributed by atoms with Crippen LogP contribution in [0, 0.1) is 0 Å². The number of rotatable bonds is 22. The van der Waals surface area contributed by atoms with Gasteiger partial charge in [0.05, 0.1) is 34.7 Å². The molecule has 664 valence electrons. The molecule has 5 N–H and O–H groups in total. The van der Waals surface area contributed by atoms with Crippen molar-refractivity contribution in [3.8, 4) is 11.3 Å². The SMILES string of the molecule is C=C1c2c(oc3ccccc23)-c2ccccc2S1(=O)=O.ClCCl.N[C@@H](Cc1ccccc1)C(=O)OCc1ccccc1.N[C@@H](Cc1ccccc1)C(=O)OCc1ccccc1.O=C(Cl)OCC1=C(c2ccccc2)C(=O)c2ccccc2S1(=O)=O.O=C(N[C@@H](Cc1ccccc1)C(=O)OCc1ccccc1)OCC1=C(c2ccccc2)C(=O)c2ccccc2S1(=O)=O.O=C=O. The van der Waals surface area contributed by atoms with Gasteiger partial charge in [-0.1, -0.05) is 304 Å². The second kappa shape index (κ2) is 48.2. The highest BCUT2D eigenvalue weighted by molar-refractivity contribution is 8.01. The number of para-hydroxylation sites is 1. The number of ether oxygens (including phenoxy) is 5. The molecule has 3 aliphatic rings. The molecule has 30 heteroatoms. The highest BCUT2D eigenvalue weighted by Crippen LogP contribution is 2.48. The monoisotopic (exact) mass is 1860 g/mol. The van der Waals surface area contributed by atoms with E-state index < -0.39 is 89.9 Å². The average Bonchev–Trinajstić information content (AvgIpc) is 1.68. The molecule has 0 saturated heterocycles. The number of ketones is 2. The first-order valence-electron chi connectivity index (χ1n) is 39.7. The Labute approximate surface area is 765 Å². The maximum atomic E-state index is 13.6. The number of benzene rings is 12. The molecule has 24 nitrogen and oxygen atoms in total. The van der Waals surface area contributed by atoms with E-state index in [0.29, 0.717) is 46.4 Å². The Morgan fingerprint density at radius 2 is 0.677 bits per heavy atom. The van der Waals surface area contributed by atoms with Crippen LogP contribution in [0.1, 0.15) is 70.8 Å². The molecule has 12 aromatic carbocycles. The highest BCUT2D eigenvalue weighted by Gasteiger charge is 2.41. The molecule has 0 saturated carbocycles. The first kappa shape index (κ1) is 98.1. The van der Waals surface area contributed by atoms with Crippen molar-refractivity contribution >= 4 is 138 Å². The van der Waals surface area contributed by atoms with Crippen LogP contribution in [0.3, 0.4) is 0 Å². The molecular formula is C100H84Cl3N3O21S3. The third kappa shape index (κ3) is 26.3. The Balaban J connectivity index is 0.000000173. The van der Waals surface area contributed by atoms with Crippen molar-refractivity contribution in [2.45, 2.75) is 71.9 Å². The predicted molar refractivity (Wildman–Crippen MR) is 493 cm³/mol. The minimum Gasteiger partial charge on any atom is -0.460 e. The van der Waals surface area contributed by atoms with E-state index in [1.807, 2.05) is 182 Å². The Bertz CT molecular complexity index is 6500. The number of amides is 1. The van der Waals surface area contributed by atoms with Crippen LogP contribution in [0.4, 0.5) is 9.59 Å². The number of nitrogens with two attached hydrogens (primary N) is 2. The summed E-state index contributed by atoms with van der Waals surface area (Å²) in [4.78, 5) is 103. The summed E-state index contributed by atoms with van der Waals surface area (Å²) in [6.07, 6.45) is 0.322. The van der Waals surface area contributed by atoms with Crippen molar-refractivity contribution in [2.24, 2.45) is 11.5 Å². The molecule has 0 aliphatic carbocycles. The van der Waals surface area contributed by atoms with Gasteiger partial charge in [0, 0.05) is 56.8 Å². The number of carbonyl (C=O) groups excluding carboxylic acids is 9. The van der Waals surface area contributed by atoms with E-state index in [1.165, 1.54) is 36.4 Å². The average molecular weight is 1870 g/mol. The maximum Gasteiger partial charge on any atom is 0.408 e. The number of allylic oxidation sites excluding steroid dienone is 2. The smallest absolute Gasteiger partial charge is 0.408 e. The summed E-state index contributed by atoms with van der Waals surface area (Å²) in [5, 5.41) is 3.49. The van der Waals surface area contributed by atoms with E-state index in [4.69, 9.17) is 79.2 Å². The molecule has 130 heavy (non-hydrogen) atoms. The summed E-state index contributed by atoms with van der Waals surface area (Å²) in [5.41, 5.74) is 18.8. The maximum absolute atomic E-state index is 13.6. The fourth-order valence-corrected chi connectivity index (χ4v) is 18.3. The topological polar surface area (TPSA) is 379 Å². The van der Waals surface area contributed by atoms with E-state index in [1.54, 1.807) is 121 Å². The molecule has 13 aromatic rings. The third-order valence-electron chi connectivity index (χ3n) is 19.6. The Hall–Kier alpha value is -14.1. The van der Waals surface area contributed by atoms with Gasteiger partial charge in [-0.3, -0.25) is 19.2 Å². The summed E-state index contributed by atoms with van der Waals surface area (Å²) in [6, 6.07) is 97.2. The minimum absolute atomic E-state index is 0.00721. The van der Waals surface area contributed by atoms with Gasteiger partial charge < -0.3 is 44.9 Å². The number of hydrogen-bond acceptors (Lipinski definition) is 23. The minimum atomic E-state index is -4.18. The lowest BCUT2D eigenvalue weighted by molar-refractivity contribution is -0.191. The molecule has 0 fully saturated rings. The Morgan fingerprint density at radius 3 is 1.05 bits per heavy atom. The molecule has 0 unspecified atom stereocenters.